The molecule has 2 aliphatic heterocycles. The topological polar surface area (TPSA) is 35.5 Å². The zero-order valence-electron chi connectivity index (χ0n) is 10.7. The first kappa shape index (κ1) is 13.0. The maximum absolute atomic E-state index is 11.8. The van der Waals surface area contributed by atoms with Crippen molar-refractivity contribution in [3.05, 3.63) is 0 Å². The molecule has 2 unspecified atom stereocenters. The van der Waals surface area contributed by atoms with E-state index in [1.54, 1.807) is 0 Å². The molecule has 0 aliphatic carbocycles. The van der Waals surface area contributed by atoms with Crippen LogP contribution in [0, 0.1) is 0 Å². The fourth-order valence-corrected chi connectivity index (χ4v) is 2.72. The zero-order valence-corrected chi connectivity index (χ0v) is 10.7. The fraction of sp³-hybridized carbons (Fsp3) is 0.929. The van der Waals surface area contributed by atoms with Crippen molar-refractivity contribution in [2.75, 3.05) is 13.2 Å². The number of hydrogen-bond acceptors (Lipinski definition) is 3. The maximum Gasteiger partial charge on any atom is 0.135 e. The van der Waals surface area contributed by atoms with Crippen LogP contribution in [0.3, 0.4) is 0 Å². The zero-order chi connectivity index (χ0) is 11.9. The van der Waals surface area contributed by atoms with Crippen molar-refractivity contribution in [2.45, 2.75) is 70.0 Å². The van der Waals surface area contributed by atoms with Gasteiger partial charge in [0.2, 0.25) is 0 Å². The molecule has 0 aromatic carbocycles. The van der Waals surface area contributed by atoms with E-state index in [-0.39, 0.29) is 6.10 Å². The summed E-state index contributed by atoms with van der Waals surface area (Å²) in [7, 11) is 0. The standard InChI is InChI=1S/C14H24O3/c15-12(11-14-6-1-2-9-17-14)5-3-7-13-8-4-10-16-13/h13-14H,1-11H2. The van der Waals surface area contributed by atoms with Gasteiger partial charge in [-0.15, -0.1) is 0 Å². The Bertz CT molecular complexity index is 228. The van der Waals surface area contributed by atoms with Gasteiger partial charge in [-0.2, -0.15) is 0 Å². The van der Waals surface area contributed by atoms with Crippen LogP contribution in [0.1, 0.15) is 57.8 Å². The Morgan fingerprint density at radius 3 is 2.47 bits per heavy atom. The van der Waals surface area contributed by atoms with Gasteiger partial charge in [-0.05, 0) is 44.9 Å². The van der Waals surface area contributed by atoms with Gasteiger partial charge in [-0.1, -0.05) is 0 Å². The minimum atomic E-state index is 0.207. The van der Waals surface area contributed by atoms with Crippen LogP contribution in [0.4, 0.5) is 0 Å². The third-order valence-corrected chi connectivity index (χ3v) is 3.74. The molecule has 0 bridgehead atoms. The van der Waals surface area contributed by atoms with Crippen molar-refractivity contribution in [3.63, 3.8) is 0 Å². The number of ether oxygens (including phenoxy) is 2. The van der Waals surface area contributed by atoms with Gasteiger partial charge in [0, 0.05) is 26.1 Å². The van der Waals surface area contributed by atoms with E-state index in [2.05, 4.69) is 0 Å². The van der Waals surface area contributed by atoms with E-state index in [9.17, 15) is 4.79 Å². The van der Waals surface area contributed by atoms with Crippen molar-refractivity contribution in [1.82, 2.24) is 0 Å². The molecule has 0 spiro atoms. The molecule has 17 heavy (non-hydrogen) atoms. The summed E-state index contributed by atoms with van der Waals surface area (Å²) in [5.74, 6) is 0.370. The molecule has 0 saturated carbocycles. The third kappa shape index (κ3) is 4.76. The lowest BCUT2D eigenvalue weighted by atomic mass is 10.0. The smallest absolute Gasteiger partial charge is 0.135 e. The molecular formula is C14H24O3. The van der Waals surface area contributed by atoms with Gasteiger partial charge < -0.3 is 9.47 Å². The maximum atomic E-state index is 11.8. The summed E-state index contributed by atoms with van der Waals surface area (Å²) < 4.78 is 11.1. The van der Waals surface area contributed by atoms with E-state index in [1.807, 2.05) is 0 Å². The number of ketones is 1. The summed E-state index contributed by atoms with van der Waals surface area (Å²) in [6.45, 7) is 1.75. The largest absolute Gasteiger partial charge is 0.378 e. The molecule has 3 nitrogen and oxygen atoms in total. The van der Waals surface area contributed by atoms with Crippen LogP contribution in [0.25, 0.3) is 0 Å². The lowest BCUT2D eigenvalue weighted by Crippen LogP contribution is -2.22. The average Bonchev–Trinajstić information content (AvgIpc) is 2.83. The number of hydrogen-bond donors (Lipinski definition) is 0. The highest BCUT2D eigenvalue weighted by molar-refractivity contribution is 5.78. The Morgan fingerprint density at radius 2 is 1.76 bits per heavy atom. The van der Waals surface area contributed by atoms with Crippen LogP contribution < -0.4 is 0 Å². The Kier molecular flexibility index (Phi) is 5.46. The van der Waals surface area contributed by atoms with E-state index in [0.29, 0.717) is 24.7 Å². The monoisotopic (exact) mass is 240 g/mol. The van der Waals surface area contributed by atoms with Crippen LogP contribution in [-0.4, -0.2) is 31.2 Å². The minimum Gasteiger partial charge on any atom is -0.378 e. The molecule has 0 radical (unpaired) electrons. The first-order chi connectivity index (χ1) is 8.34. The highest BCUT2D eigenvalue weighted by Crippen LogP contribution is 2.20. The normalized spacial score (nSPS) is 29.4. The lowest BCUT2D eigenvalue weighted by Gasteiger charge is -2.21. The van der Waals surface area contributed by atoms with Gasteiger partial charge in [0.15, 0.2) is 0 Å². The van der Waals surface area contributed by atoms with E-state index in [1.165, 1.54) is 19.3 Å². The first-order valence-electron chi connectivity index (χ1n) is 7.09. The summed E-state index contributed by atoms with van der Waals surface area (Å²) in [6.07, 6.45) is 9.81. The van der Waals surface area contributed by atoms with Gasteiger partial charge >= 0.3 is 0 Å². The second kappa shape index (κ2) is 7.12. The Morgan fingerprint density at radius 1 is 1.00 bits per heavy atom. The van der Waals surface area contributed by atoms with E-state index < -0.39 is 0 Å². The second-order valence-corrected chi connectivity index (χ2v) is 5.26. The SMILES string of the molecule is O=C(CCCC1CCCO1)CC1CCCCO1. The molecule has 2 heterocycles. The van der Waals surface area contributed by atoms with Crippen LogP contribution in [0.2, 0.25) is 0 Å². The third-order valence-electron chi connectivity index (χ3n) is 3.74. The van der Waals surface area contributed by atoms with Gasteiger partial charge in [0.25, 0.3) is 0 Å². The molecular weight excluding hydrogens is 216 g/mol. The van der Waals surface area contributed by atoms with E-state index in [4.69, 9.17) is 9.47 Å². The number of rotatable bonds is 6. The van der Waals surface area contributed by atoms with Crippen LogP contribution in [0.5, 0.6) is 0 Å². The number of carbonyl (C=O) groups is 1. The van der Waals surface area contributed by atoms with Crippen LogP contribution in [0.15, 0.2) is 0 Å². The molecule has 2 atom stereocenters. The fourth-order valence-electron chi connectivity index (χ4n) is 2.72. The second-order valence-electron chi connectivity index (χ2n) is 5.26. The molecule has 98 valence electrons. The summed E-state index contributed by atoms with van der Waals surface area (Å²) >= 11 is 0. The number of carbonyl (C=O) groups excluding carboxylic acids is 1. The summed E-state index contributed by atoms with van der Waals surface area (Å²) in [4.78, 5) is 11.8. The Hall–Kier alpha value is -0.410. The Balaban J connectivity index is 1.53. The molecule has 2 fully saturated rings. The molecule has 2 aliphatic rings. The predicted octanol–water partition coefficient (Wildman–Crippen LogP) is 2.86. The molecule has 0 N–H and O–H groups in total. The minimum absolute atomic E-state index is 0.207. The Labute approximate surface area is 104 Å². The van der Waals surface area contributed by atoms with Crippen molar-refractivity contribution in [3.8, 4) is 0 Å². The highest BCUT2D eigenvalue weighted by Gasteiger charge is 2.19. The highest BCUT2D eigenvalue weighted by atomic mass is 16.5. The van der Waals surface area contributed by atoms with Crippen molar-refractivity contribution in [2.24, 2.45) is 0 Å². The molecule has 3 heteroatoms. The van der Waals surface area contributed by atoms with Gasteiger partial charge in [0.1, 0.15) is 5.78 Å². The average molecular weight is 240 g/mol. The quantitative estimate of drug-likeness (QED) is 0.716. The van der Waals surface area contributed by atoms with E-state index in [0.717, 1.165) is 38.9 Å². The molecule has 0 aromatic heterocycles. The molecule has 0 amide bonds. The van der Waals surface area contributed by atoms with Gasteiger partial charge in [0.05, 0.1) is 12.2 Å². The molecule has 2 rings (SSSR count). The predicted molar refractivity (Wildman–Crippen MR) is 66.0 cm³/mol. The lowest BCUT2D eigenvalue weighted by molar-refractivity contribution is -0.123. The van der Waals surface area contributed by atoms with Gasteiger partial charge in [-0.3, -0.25) is 4.79 Å². The van der Waals surface area contributed by atoms with Crippen LogP contribution in [-0.2, 0) is 14.3 Å². The van der Waals surface area contributed by atoms with Gasteiger partial charge in [-0.25, -0.2) is 0 Å². The first-order valence-corrected chi connectivity index (χ1v) is 7.09. The summed E-state index contributed by atoms with van der Waals surface area (Å²) in [5.41, 5.74) is 0. The molecule has 0 aromatic rings. The summed E-state index contributed by atoms with van der Waals surface area (Å²) in [6, 6.07) is 0. The molecule has 2 saturated heterocycles. The van der Waals surface area contributed by atoms with Crippen molar-refractivity contribution in [1.29, 1.82) is 0 Å². The summed E-state index contributed by atoms with van der Waals surface area (Å²) in [5, 5.41) is 0. The van der Waals surface area contributed by atoms with Crippen molar-refractivity contribution < 1.29 is 14.3 Å². The van der Waals surface area contributed by atoms with Crippen LogP contribution >= 0.6 is 0 Å². The van der Waals surface area contributed by atoms with E-state index >= 15 is 0 Å². The number of Topliss-reactive ketones (excluding diaryl/α,β-unsaturated/α-hetero) is 1. The van der Waals surface area contributed by atoms with Crippen molar-refractivity contribution >= 4 is 5.78 Å².